The third kappa shape index (κ3) is 2.24. The molecule has 0 saturated carbocycles. The number of methoxy groups -OCH3 is 2. The molecule has 0 heterocycles. The number of rotatable bonds is 4. The van der Waals surface area contributed by atoms with E-state index in [9.17, 15) is 5.11 Å². The van der Waals surface area contributed by atoms with Gasteiger partial charge in [0.25, 0.3) is 0 Å². The molecule has 0 bridgehead atoms. The van der Waals surface area contributed by atoms with Crippen molar-refractivity contribution in [1.29, 1.82) is 0 Å². The zero-order valence-electron chi connectivity index (χ0n) is 9.58. The fourth-order valence-electron chi connectivity index (χ4n) is 1.61. The van der Waals surface area contributed by atoms with Crippen LogP contribution in [0.25, 0.3) is 0 Å². The second-order valence-electron chi connectivity index (χ2n) is 3.41. The van der Waals surface area contributed by atoms with Gasteiger partial charge >= 0.3 is 0 Å². The van der Waals surface area contributed by atoms with Crippen LogP contribution >= 0.6 is 11.6 Å². The quantitative estimate of drug-likeness (QED) is 0.847. The summed E-state index contributed by atoms with van der Waals surface area (Å²) >= 11 is 6.15. The first-order valence-electron chi connectivity index (χ1n) is 4.85. The Morgan fingerprint density at radius 2 is 2.06 bits per heavy atom. The minimum atomic E-state index is -0.799. The number of aryl methyl sites for hydroxylation is 1. The second kappa shape index (κ2) is 5.39. The average molecular weight is 246 g/mol. The van der Waals surface area contributed by atoms with Crippen molar-refractivity contribution in [3.05, 3.63) is 22.2 Å². The molecule has 1 aromatic carbocycles. The summed E-state index contributed by atoms with van der Waals surface area (Å²) in [6, 6.07) is 1.76. The van der Waals surface area contributed by atoms with E-state index in [0.717, 1.165) is 5.56 Å². The lowest BCUT2D eigenvalue weighted by molar-refractivity contribution is 0.185. The topological polar surface area (TPSA) is 64.7 Å². The molecule has 5 heteroatoms. The van der Waals surface area contributed by atoms with Gasteiger partial charge in [-0.2, -0.15) is 0 Å². The normalized spacial score (nSPS) is 12.4. The highest BCUT2D eigenvalue weighted by molar-refractivity contribution is 6.33. The van der Waals surface area contributed by atoms with Gasteiger partial charge in [0.05, 0.1) is 25.3 Å². The predicted octanol–water partition coefficient (Wildman–Crippen LogP) is 1.66. The molecule has 0 aromatic heterocycles. The molecule has 4 nitrogen and oxygen atoms in total. The molecule has 0 fully saturated rings. The molecule has 0 spiro atoms. The molecule has 90 valence electrons. The van der Waals surface area contributed by atoms with Crippen LogP contribution < -0.4 is 15.2 Å². The van der Waals surface area contributed by atoms with Crippen molar-refractivity contribution in [1.82, 2.24) is 0 Å². The fourth-order valence-corrected chi connectivity index (χ4v) is 2.06. The number of nitrogens with two attached hydrogens (primary N) is 1. The molecule has 0 aliphatic carbocycles. The molecular weight excluding hydrogens is 230 g/mol. The Kier molecular flexibility index (Phi) is 4.41. The van der Waals surface area contributed by atoms with Crippen molar-refractivity contribution < 1.29 is 14.6 Å². The van der Waals surface area contributed by atoms with Gasteiger partial charge in [-0.3, -0.25) is 0 Å². The Labute approximate surface area is 99.9 Å². The molecule has 1 aromatic rings. The molecule has 0 amide bonds. The Morgan fingerprint density at radius 3 is 2.50 bits per heavy atom. The van der Waals surface area contributed by atoms with E-state index in [-0.39, 0.29) is 6.54 Å². The van der Waals surface area contributed by atoms with Crippen LogP contribution in [-0.4, -0.2) is 25.9 Å². The minimum absolute atomic E-state index is 0.107. The first kappa shape index (κ1) is 13.1. The number of hydrogen-bond donors (Lipinski definition) is 2. The van der Waals surface area contributed by atoms with Crippen LogP contribution in [0, 0.1) is 6.92 Å². The van der Waals surface area contributed by atoms with Crippen molar-refractivity contribution in [2.75, 3.05) is 20.8 Å². The van der Waals surface area contributed by atoms with Crippen molar-refractivity contribution in [3.63, 3.8) is 0 Å². The van der Waals surface area contributed by atoms with Crippen molar-refractivity contribution >= 4 is 11.6 Å². The maximum Gasteiger partial charge on any atom is 0.179 e. The lowest BCUT2D eigenvalue weighted by Gasteiger charge is -2.18. The summed E-state index contributed by atoms with van der Waals surface area (Å²) in [4.78, 5) is 0. The maximum atomic E-state index is 9.77. The van der Waals surface area contributed by atoms with Crippen LogP contribution in [0.1, 0.15) is 17.2 Å². The van der Waals surface area contributed by atoms with E-state index in [0.29, 0.717) is 22.1 Å². The average Bonchev–Trinajstić information content (AvgIpc) is 2.27. The summed E-state index contributed by atoms with van der Waals surface area (Å²) in [6.45, 7) is 1.94. The first-order chi connectivity index (χ1) is 7.56. The van der Waals surface area contributed by atoms with E-state index in [1.54, 1.807) is 6.07 Å². The minimum Gasteiger partial charge on any atom is -0.493 e. The molecule has 1 rings (SSSR count). The highest BCUT2D eigenvalue weighted by Gasteiger charge is 2.20. The van der Waals surface area contributed by atoms with Gasteiger partial charge in [-0.25, -0.2) is 0 Å². The number of aliphatic hydroxyl groups excluding tert-OH is 1. The highest BCUT2D eigenvalue weighted by atomic mass is 35.5. The summed E-state index contributed by atoms with van der Waals surface area (Å²) in [5, 5.41) is 10.1. The molecule has 16 heavy (non-hydrogen) atoms. The third-order valence-electron chi connectivity index (χ3n) is 2.41. The Bertz CT molecular complexity index is 382. The standard InChI is InChI=1S/C11H16ClNO3/c1-6-4-8(15-2)11(16-3)10(12)9(6)7(14)5-13/h4,7,14H,5,13H2,1-3H3. The molecule has 0 aliphatic heterocycles. The summed E-state index contributed by atoms with van der Waals surface area (Å²) < 4.78 is 10.3. The molecule has 3 N–H and O–H groups in total. The van der Waals surface area contributed by atoms with E-state index in [1.807, 2.05) is 6.92 Å². The number of aliphatic hydroxyl groups is 1. The van der Waals surface area contributed by atoms with Gasteiger partial charge in [-0.15, -0.1) is 0 Å². The lowest BCUT2D eigenvalue weighted by Crippen LogP contribution is -2.14. The van der Waals surface area contributed by atoms with E-state index in [2.05, 4.69) is 0 Å². The SMILES string of the molecule is COc1cc(C)c(C(O)CN)c(Cl)c1OC. The largest absolute Gasteiger partial charge is 0.493 e. The van der Waals surface area contributed by atoms with Crippen LogP contribution in [0.5, 0.6) is 11.5 Å². The summed E-state index contributed by atoms with van der Waals surface area (Å²) in [6.07, 6.45) is -0.799. The Balaban J connectivity index is 3.40. The Hall–Kier alpha value is -0.970. The van der Waals surface area contributed by atoms with Gasteiger partial charge in [-0.05, 0) is 18.6 Å². The zero-order valence-corrected chi connectivity index (χ0v) is 10.3. The van der Waals surface area contributed by atoms with Gasteiger partial charge in [0, 0.05) is 12.1 Å². The molecule has 0 saturated heterocycles. The maximum absolute atomic E-state index is 9.77. The Morgan fingerprint density at radius 1 is 1.44 bits per heavy atom. The summed E-state index contributed by atoms with van der Waals surface area (Å²) in [5.41, 5.74) is 6.83. The zero-order chi connectivity index (χ0) is 12.3. The van der Waals surface area contributed by atoms with E-state index >= 15 is 0 Å². The number of benzene rings is 1. The monoisotopic (exact) mass is 245 g/mol. The van der Waals surface area contributed by atoms with Crippen LogP contribution in [-0.2, 0) is 0 Å². The summed E-state index contributed by atoms with van der Waals surface area (Å²) in [5.74, 6) is 0.954. The van der Waals surface area contributed by atoms with Gasteiger partial charge in [0.1, 0.15) is 0 Å². The fraction of sp³-hybridized carbons (Fsp3) is 0.455. The van der Waals surface area contributed by atoms with Crippen molar-refractivity contribution in [2.45, 2.75) is 13.0 Å². The smallest absolute Gasteiger partial charge is 0.179 e. The lowest BCUT2D eigenvalue weighted by atomic mass is 10.0. The van der Waals surface area contributed by atoms with Gasteiger partial charge < -0.3 is 20.3 Å². The van der Waals surface area contributed by atoms with Crippen LogP contribution in [0.3, 0.4) is 0 Å². The molecule has 1 atom stereocenters. The number of ether oxygens (including phenoxy) is 2. The molecular formula is C11H16ClNO3. The van der Waals surface area contributed by atoms with E-state index in [1.165, 1.54) is 14.2 Å². The van der Waals surface area contributed by atoms with Crippen LogP contribution in [0.15, 0.2) is 6.07 Å². The summed E-state index contributed by atoms with van der Waals surface area (Å²) in [7, 11) is 3.03. The molecule has 1 unspecified atom stereocenters. The van der Waals surface area contributed by atoms with Crippen LogP contribution in [0.2, 0.25) is 5.02 Å². The van der Waals surface area contributed by atoms with Gasteiger partial charge in [0.15, 0.2) is 11.5 Å². The third-order valence-corrected chi connectivity index (χ3v) is 2.79. The number of hydrogen-bond acceptors (Lipinski definition) is 4. The van der Waals surface area contributed by atoms with E-state index in [4.69, 9.17) is 26.8 Å². The van der Waals surface area contributed by atoms with Crippen molar-refractivity contribution in [3.8, 4) is 11.5 Å². The van der Waals surface area contributed by atoms with E-state index < -0.39 is 6.10 Å². The van der Waals surface area contributed by atoms with Gasteiger partial charge in [-0.1, -0.05) is 11.6 Å². The first-order valence-corrected chi connectivity index (χ1v) is 5.23. The number of halogens is 1. The van der Waals surface area contributed by atoms with Crippen LogP contribution in [0.4, 0.5) is 0 Å². The molecule has 0 aliphatic rings. The highest BCUT2D eigenvalue weighted by Crippen LogP contribution is 2.41. The predicted molar refractivity (Wildman–Crippen MR) is 63.3 cm³/mol. The second-order valence-corrected chi connectivity index (χ2v) is 3.79. The molecule has 0 radical (unpaired) electrons. The van der Waals surface area contributed by atoms with Crippen molar-refractivity contribution in [2.24, 2.45) is 5.73 Å². The van der Waals surface area contributed by atoms with Gasteiger partial charge in [0.2, 0.25) is 0 Å².